The average Bonchev–Trinajstić information content (AvgIpc) is 2.62. The molecule has 18 heavy (non-hydrogen) atoms. The van der Waals surface area contributed by atoms with E-state index in [4.69, 9.17) is 12.2 Å². The molecule has 2 rings (SSSR count). The lowest BCUT2D eigenvalue weighted by molar-refractivity contribution is -0.121. The molecule has 0 aliphatic rings. The van der Waals surface area contributed by atoms with E-state index in [1.165, 1.54) is 0 Å². The van der Waals surface area contributed by atoms with Crippen LogP contribution in [0, 0.1) is 8.34 Å². The van der Waals surface area contributed by atoms with E-state index in [1.807, 2.05) is 29.7 Å². The molecular formula is C12H14IN3OS. The van der Waals surface area contributed by atoms with Gasteiger partial charge in [-0.05, 0) is 59.4 Å². The summed E-state index contributed by atoms with van der Waals surface area (Å²) in [6.45, 7) is 2.99. The van der Waals surface area contributed by atoms with E-state index in [2.05, 4.69) is 32.9 Å². The number of hydrogen-bond donors (Lipinski definition) is 2. The largest absolute Gasteiger partial charge is 0.355 e. The fourth-order valence-electron chi connectivity index (χ4n) is 1.76. The minimum Gasteiger partial charge on any atom is -0.355 e. The highest BCUT2D eigenvalue weighted by Gasteiger charge is 2.08. The van der Waals surface area contributed by atoms with Crippen LogP contribution in [0.2, 0.25) is 0 Å². The van der Waals surface area contributed by atoms with Crippen LogP contribution in [0.25, 0.3) is 11.0 Å². The maximum absolute atomic E-state index is 11.7. The number of halogens is 1. The van der Waals surface area contributed by atoms with Gasteiger partial charge in [0.2, 0.25) is 5.91 Å². The summed E-state index contributed by atoms with van der Waals surface area (Å²) in [6.07, 6.45) is 0.934. The van der Waals surface area contributed by atoms with Crippen LogP contribution in [0.5, 0.6) is 0 Å². The summed E-state index contributed by atoms with van der Waals surface area (Å²) in [7, 11) is 0. The van der Waals surface area contributed by atoms with Gasteiger partial charge in [0.15, 0.2) is 4.77 Å². The van der Waals surface area contributed by atoms with Crippen molar-refractivity contribution in [1.82, 2.24) is 14.9 Å². The fraction of sp³-hybridized carbons (Fsp3) is 0.333. The summed E-state index contributed by atoms with van der Waals surface area (Å²) in [5, 5.41) is 2.85. The highest BCUT2D eigenvalue weighted by atomic mass is 127. The van der Waals surface area contributed by atoms with Crippen molar-refractivity contribution in [2.45, 2.75) is 19.9 Å². The molecule has 96 valence electrons. The number of aromatic nitrogens is 2. The predicted octanol–water partition coefficient (Wildman–Crippen LogP) is 2.83. The van der Waals surface area contributed by atoms with Gasteiger partial charge in [-0.3, -0.25) is 4.79 Å². The summed E-state index contributed by atoms with van der Waals surface area (Å²) >= 11 is 7.50. The number of carbonyl (C=O) groups is 1. The zero-order chi connectivity index (χ0) is 13.1. The van der Waals surface area contributed by atoms with Gasteiger partial charge >= 0.3 is 0 Å². The monoisotopic (exact) mass is 375 g/mol. The van der Waals surface area contributed by atoms with E-state index in [9.17, 15) is 4.79 Å². The molecule has 1 amide bonds. The van der Waals surface area contributed by atoms with Crippen LogP contribution < -0.4 is 5.32 Å². The molecule has 1 aromatic carbocycles. The van der Waals surface area contributed by atoms with Gasteiger partial charge in [-0.2, -0.15) is 0 Å². The van der Waals surface area contributed by atoms with Crippen LogP contribution in [-0.2, 0) is 11.3 Å². The maximum Gasteiger partial charge on any atom is 0.240 e. The minimum absolute atomic E-state index is 0.00704. The summed E-state index contributed by atoms with van der Waals surface area (Å²) in [6, 6.07) is 6.01. The lowest BCUT2D eigenvalue weighted by atomic mass is 10.3. The van der Waals surface area contributed by atoms with Crippen LogP contribution >= 0.6 is 34.8 Å². The number of benzene rings is 1. The van der Waals surface area contributed by atoms with Crippen molar-refractivity contribution < 1.29 is 4.79 Å². The van der Waals surface area contributed by atoms with Gasteiger partial charge in [0.05, 0.1) is 11.0 Å². The summed E-state index contributed by atoms with van der Waals surface area (Å²) < 4.78 is 3.55. The van der Waals surface area contributed by atoms with E-state index >= 15 is 0 Å². The van der Waals surface area contributed by atoms with E-state index in [0.717, 1.165) is 21.0 Å². The Morgan fingerprint density at radius 1 is 1.56 bits per heavy atom. The van der Waals surface area contributed by atoms with Gasteiger partial charge in [-0.15, -0.1) is 0 Å². The number of nitrogens with one attached hydrogen (secondary N) is 2. The SMILES string of the molecule is CCCNC(=O)Cn1c(=S)[nH]c2cc(I)ccc21. The van der Waals surface area contributed by atoms with Gasteiger partial charge in [-0.1, -0.05) is 6.92 Å². The number of H-pyrrole nitrogens is 1. The molecular weight excluding hydrogens is 361 g/mol. The molecule has 0 bridgehead atoms. The quantitative estimate of drug-likeness (QED) is 0.638. The normalized spacial score (nSPS) is 10.8. The number of amides is 1. The number of hydrogen-bond acceptors (Lipinski definition) is 2. The molecule has 2 N–H and O–H groups in total. The highest BCUT2D eigenvalue weighted by Crippen LogP contribution is 2.17. The Balaban J connectivity index is 2.30. The molecule has 2 aromatic rings. The Morgan fingerprint density at radius 3 is 3.06 bits per heavy atom. The molecule has 0 saturated heterocycles. The third-order valence-electron chi connectivity index (χ3n) is 2.61. The minimum atomic E-state index is -0.00704. The van der Waals surface area contributed by atoms with Crippen molar-refractivity contribution in [3.8, 4) is 0 Å². The van der Waals surface area contributed by atoms with Crippen molar-refractivity contribution in [3.63, 3.8) is 0 Å². The van der Waals surface area contributed by atoms with Gasteiger partial charge in [0, 0.05) is 10.1 Å². The fourth-order valence-corrected chi connectivity index (χ4v) is 2.52. The van der Waals surface area contributed by atoms with Crippen molar-refractivity contribution in [2.75, 3.05) is 6.54 Å². The average molecular weight is 375 g/mol. The molecule has 0 aliphatic carbocycles. The Bertz CT molecular complexity index is 632. The molecule has 4 nitrogen and oxygen atoms in total. The topological polar surface area (TPSA) is 49.8 Å². The van der Waals surface area contributed by atoms with Gasteiger partial charge in [-0.25, -0.2) is 0 Å². The second-order valence-corrected chi connectivity index (χ2v) is 5.66. The number of fused-ring (bicyclic) bond motifs is 1. The second-order valence-electron chi connectivity index (χ2n) is 4.03. The van der Waals surface area contributed by atoms with E-state index in [-0.39, 0.29) is 12.5 Å². The standard InChI is InChI=1S/C12H14IN3OS/c1-2-5-14-11(17)7-16-10-4-3-8(13)6-9(10)15-12(16)18/h3-4,6H,2,5,7H2,1H3,(H,14,17)(H,15,18). The zero-order valence-electron chi connectivity index (χ0n) is 10.00. The van der Waals surface area contributed by atoms with Crippen LogP contribution in [0.1, 0.15) is 13.3 Å². The Kier molecular flexibility index (Phi) is 4.39. The molecule has 0 atom stereocenters. The Labute approximate surface area is 124 Å². The van der Waals surface area contributed by atoms with Gasteiger partial charge in [0.25, 0.3) is 0 Å². The molecule has 1 heterocycles. The Hall–Kier alpha value is -0.890. The number of imidazole rings is 1. The van der Waals surface area contributed by atoms with Crippen LogP contribution in [0.15, 0.2) is 18.2 Å². The summed E-state index contributed by atoms with van der Waals surface area (Å²) in [5.74, 6) is -0.00704. The molecule has 0 radical (unpaired) electrons. The van der Waals surface area contributed by atoms with E-state index in [1.54, 1.807) is 0 Å². The summed E-state index contributed by atoms with van der Waals surface area (Å²) in [4.78, 5) is 14.9. The lowest BCUT2D eigenvalue weighted by Crippen LogP contribution is -2.28. The van der Waals surface area contributed by atoms with Crippen LogP contribution in [0.3, 0.4) is 0 Å². The molecule has 6 heteroatoms. The number of aromatic amines is 1. The van der Waals surface area contributed by atoms with Crippen LogP contribution in [-0.4, -0.2) is 22.0 Å². The van der Waals surface area contributed by atoms with Crippen molar-refractivity contribution >= 4 is 51.7 Å². The first-order valence-corrected chi connectivity index (χ1v) is 7.25. The molecule has 0 unspecified atom stereocenters. The first kappa shape index (κ1) is 13.5. The molecule has 0 spiro atoms. The first-order valence-electron chi connectivity index (χ1n) is 5.76. The number of carbonyl (C=O) groups excluding carboxylic acids is 1. The summed E-state index contributed by atoms with van der Waals surface area (Å²) in [5.41, 5.74) is 1.93. The predicted molar refractivity (Wildman–Crippen MR) is 83.1 cm³/mol. The lowest BCUT2D eigenvalue weighted by Gasteiger charge is -2.05. The highest BCUT2D eigenvalue weighted by molar-refractivity contribution is 14.1. The molecule has 0 fully saturated rings. The van der Waals surface area contributed by atoms with E-state index < -0.39 is 0 Å². The van der Waals surface area contributed by atoms with Crippen molar-refractivity contribution in [2.24, 2.45) is 0 Å². The third kappa shape index (κ3) is 2.92. The molecule has 0 saturated carbocycles. The zero-order valence-corrected chi connectivity index (χ0v) is 13.0. The third-order valence-corrected chi connectivity index (χ3v) is 3.60. The van der Waals surface area contributed by atoms with Crippen molar-refractivity contribution in [1.29, 1.82) is 0 Å². The molecule has 0 aliphatic heterocycles. The Morgan fingerprint density at radius 2 is 2.33 bits per heavy atom. The first-order chi connectivity index (χ1) is 8.61. The van der Waals surface area contributed by atoms with Gasteiger partial charge in [0.1, 0.15) is 6.54 Å². The molecule has 1 aromatic heterocycles. The smallest absolute Gasteiger partial charge is 0.240 e. The van der Waals surface area contributed by atoms with Crippen molar-refractivity contribution in [3.05, 3.63) is 26.5 Å². The number of rotatable bonds is 4. The van der Waals surface area contributed by atoms with Gasteiger partial charge < -0.3 is 14.9 Å². The maximum atomic E-state index is 11.7. The van der Waals surface area contributed by atoms with Crippen LogP contribution in [0.4, 0.5) is 0 Å². The number of nitrogens with zero attached hydrogens (tertiary/aromatic N) is 1. The van der Waals surface area contributed by atoms with E-state index in [0.29, 0.717) is 11.3 Å². The second kappa shape index (κ2) is 5.83.